The Morgan fingerprint density at radius 3 is 2.80 bits per heavy atom. The SMILES string of the molecule is CN(CC(=O)Nc1nc2ccccc2s1)CC(C)(C)O. The number of thiazole rings is 1. The number of aromatic nitrogens is 1. The topological polar surface area (TPSA) is 65.5 Å². The van der Waals surface area contributed by atoms with Gasteiger partial charge in [-0.15, -0.1) is 0 Å². The van der Waals surface area contributed by atoms with Crippen molar-refractivity contribution in [2.45, 2.75) is 19.4 Å². The molecule has 0 atom stereocenters. The summed E-state index contributed by atoms with van der Waals surface area (Å²) < 4.78 is 1.05. The zero-order chi connectivity index (χ0) is 14.8. The molecule has 0 saturated carbocycles. The lowest BCUT2D eigenvalue weighted by atomic mass is 10.1. The first-order chi connectivity index (χ1) is 9.33. The molecule has 1 aromatic heterocycles. The Morgan fingerprint density at radius 1 is 1.45 bits per heavy atom. The van der Waals surface area contributed by atoms with Gasteiger partial charge in [-0.2, -0.15) is 0 Å². The molecule has 2 rings (SSSR count). The predicted molar refractivity (Wildman–Crippen MR) is 82.0 cm³/mol. The normalized spacial score (nSPS) is 12.1. The van der Waals surface area contributed by atoms with Crippen molar-refractivity contribution in [3.63, 3.8) is 0 Å². The molecule has 1 amide bonds. The third kappa shape index (κ3) is 4.26. The summed E-state index contributed by atoms with van der Waals surface area (Å²) in [5.41, 5.74) is 0.0721. The fraction of sp³-hybridized carbons (Fsp3) is 0.429. The van der Waals surface area contributed by atoms with E-state index in [1.165, 1.54) is 11.3 Å². The summed E-state index contributed by atoms with van der Waals surface area (Å²) in [7, 11) is 1.80. The van der Waals surface area contributed by atoms with Gasteiger partial charge in [0.25, 0.3) is 0 Å². The fourth-order valence-corrected chi connectivity index (χ4v) is 2.93. The van der Waals surface area contributed by atoms with E-state index < -0.39 is 5.60 Å². The number of anilines is 1. The quantitative estimate of drug-likeness (QED) is 0.884. The smallest absolute Gasteiger partial charge is 0.240 e. The third-order valence-corrected chi connectivity index (χ3v) is 3.56. The van der Waals surface area contributed by atoms with E-state index >= 15 is 0 Å². The minimum absolute atomic E-state index is 0.129. The Kier molecular flexibility index (Phi) is 4.37. The number of likely N-dealkylation sites (N-methyl/N-ethyl adjacent to an activating group) is 1. The number of carbonyl (C=O) groups is 1. The van der Waals surface area contributed by atoms with Crippen LogP contribution >= 0.6 is 11.3 Å². The molecule has 2 aromatic rings. The molecule has 0 aliphatic carbocycles. The van der Waals surface area contributed by atoms with Gasteiger partial charge in [-0.1, -0.05) is 23.5 Å². The van der Waals surface area contributed by atoms with Crippen molar-refractivity contribution in [2.24, 2.45) is 0 Å². The lowest BCUT2D eigenvalue weighted by molar-refractivity contribution is -0.117. The first-order valence-corrected chi connectivity index (χ1v) is 7.21. The van der Waals surface area contributed by atoms with Crippen LogP contribution in [-0.2, 0) is 4.79 Å². The zero-order valence-corrected chi connectivity index (χ0v) is 12.7. The number of amides is 1. The number of nitrogens with zero attached hydrogens (tertiary/aromatic N) is 2. The Labute approximate surface area is 122 Å². The Balaban J connectivity index is 1.94. The van der Waals surface area contributed by atoms with Crippen molar-refractivity contribution < 1.29 is 9.90 Å². The fourth-order valence-electron chi connectivity index (χ4n) is 2.05. The van der Waals surface area contributed by atoms with E-state index in [1.807, 2.05) is 24.3 Å². The number of para-hydroxylation sites is 1. The van der Waals surface area contributed by atoms with Crippen LogP contribution in [0.1, 0.15) is 13.8 Å². The summed E-state index contributed by atoms with van der Waals surface area (Å²) in [4.78, 5) is 18.1. The molecule has 0 saturated heterocycles. The third-order valence-electron chi connectivity index (χ3n) is 2.61. The summed E-state index contributed by atoms with van der Waals surface area (Å²) in [5.74, 6) is -0.129. The number of hydrogen-bond acceptors (Lipinski definition) is 5. The number of fused-ring (bicyclic) bond motifs is 1. The average Bonchev–Trinajstić information content (AvgIpc) is 2.67. The lowest BCUT2D eigenvalue weighted by Crippen LogP contribution is -2.40. The highest BCUT2D eigenvalue weighted by atomic mass is 32.1. The number of hydrogen-bond donors (Lipinski definition) is 2. The van der Waals surface area contributed by atoms with Crippen LogP contribution in [0.25, 0.3) is 10.2 Å². The maximum Gasteiger partial charge on any atom is 0.240 e. The molecule has 5 nitrogen and oxygen atoms in total. The van der Waals surface area contributed by atoms with Crippen LogP contribution in [0.15, 0.2) is 24.3 Å². The number of aliphatic hydroxyl groups is 1. The molecule has 0 aliphatic rings. The summed E-state index contributed by atoms with van der Waals surface area (Å²) in [6.07, 6.45) is 0. The van der Waals surface area contributed by atoms with Gasteiger partial charge in [0.15, 0.2) is 5.13 Å². The van der Waals surface area contributed by atoms with Crippen molar-refractivity contribution in [3.05, 3.63) is 24.3 Å². The van der Waals surface area contributed by atoms with Crippen LogP contribution in [0.4, 0.5) is 5.13 Å². The summed E-state index contributed by atoms with van der Waals surface area (Å²) in [6, 6.07) is 7.76. The second-order valence-corrected chi connectivity index (χ2v) is 6.55. The number of nitrogens with one attached hydrogen (secondary N) is 1. The van der Waals surface area contributed by atoms with Gasteiger partial charge in [0.05, 0.1) is 22.4 Å². The van der Waals surface area contributed by atoms with Crippen LogP contribution in [0.3, 0.4) is 0 Å². The van der Waals surface area contributed by atoms with E-state index in [4.69, 9.17) is 0 Å². The van der Waals surface area contributed by atoms with Crippen molar-refractivity contribution in [1.29, 1.82) is 0 Å². The van der Waals surface area contributed by atoms with Gasteiger partial charge in [-0.25, -0.2) is 4.98 Å². The molecule has 1 heterocycles. The summed E-state index contributed by atoms with van der Waals surface area (Å²) in [6.45, 7) is 4.09. The largest absolute Gasteiger partial charge is 0.389 e. The molecule has 0 radical (unpaired) electrons. The summed E-state index contributed by atoms with van der Waals surface area (Å²) in [5, 5.41) is 13.1. The number of benzene rings is 1. The standard InChI is InChI=1S/C14H19N3O2S/c1-14(2,19)9-17(3)8-12(18)16-13-15-10-6-4-5-7-11(10)20-13/h4-7,19H,8-9H2,1-3H3,(H,15,16,18). The van der Waals surface area contributed by atoms with Crippen LogP contribution in [0.2, 0.25) is 0 Å². The number of carbonyl (C=O) groups excluding carboxylic acids is 1. The first kappa shape index (κ1) is 14.9. The maximum absolute atomic E-state index is 11.9. The molecular formula is C14H19N3O2S. The molecular weight excluding hydrogens is 274 g/mol. The van der Waals surface area contributed by atoms with Crippen molar-refractivity contribution in [3.8, 4) is 0 Å². The van der Waals surface area contributed by atoms with Gasteiger partial charge >= 0.3 is 0 Å². The highest BCUT2D eigenvalue weighted by molar-refractivity contribution is 7.22. The molecule has 108 valence electrons. The molecule has 0 aliphatic heterocycles. The minimum atomic E-state index is -0.815. The molecule has 2 N–H and O–H groups in total. The van der Waals surface area contributed by atoms with Crippen molar-refractivity contribution >= 4 is 32.6 Å². The second-order valence-electron chi connectivity index (χ2n) is 5.52. The molecule has 0 unspecified atom stereocenters. The van der Waals surface area contributed by atoms with E-state index in [9.17, 15) is 9.90 Å². The first-order valence-electron chi connectivity index (χ1n) is 6.40. The molecule has 20 heavy (non-hydrogen) atoms. The van der Waals surface area contributed by atoms with Crippen LogP contribution in [0.5, 0.6) is 0 Å². The minimum Gasteiger partial charge on any atom is -0.389 e. The molecule has 6 heteroatoms. The van der Waals surface area contributed by atoms with Gasteiger partial charge in [-0.05, 0) is 33.0 Å². The Hall–Kier alpha value is -1.50. The lowest BCUT2D eigenvalue weighted by Gasteiger charge is -2.24. The van der Waals surface area contributed by atoms with Crippen LogP contribution < -0.4 is 5.32 Å². The van der Waals surface area contributed by atoms with Gasteiger partial charge in [0, 0.05) is 6.54 Å². The van der Waals surface area contributed by atoms with E-state index in [0.29, 0.717) is 11.7 Å². The molecule has 0 bridgehead atoms. The van der Waals surface area contributed by atoms with Crippen molar-refractivity contribution in [2.75, 3.05) is 25.5 Å². The second kappa shape index (κ2) is 5.87. The van der Waals surface area contributed by atoms with Gasteiger partial charge in [0.2, 0.25) is 5.91 Å². The molecule has 0 fully saturated rings. The van der Waals surface area contributed by atoms with E-state index in [2.05, 4.69) is 10.3 Å². The Bertz CT molecular complexity index is 571. The van der Waals surface area contributed by atoms with Gasteiger partial charge < -0.3 is 10.4 Å². The van der Waals surface area contributed by atoms with Crippen LogP contribution in [-0.4, -0.2) is 46.6 Å². The monoisotopic (exact) mass is 293 g/mol. The summed E-state index contributed by atoms with van der Waals surface area (Å²) >= 11 is 1.45. The Morgan fingerprint density at radius 2 is 2.15 bits per heavy atom. The number of rotatable bonds is 5. The zero-order valence-electron chi connectivity index (χ0n) is 11.9. The van der Waals surface area contributed by atoms with Crippen LogP contribution in [0, 0.1) is 0 Å². The van der Waals surface area contributed by atoms with E-state index in [1.54, 1.807) is 25.8 Å². The highest BCUT2D eigenvalue weighted by Crippen LogP contribution is 2.25. The molecule has 0 spiro atoms. The van der Waals surface area contributed by atoms with E-state index in [-0.39, 0.29) is 12.5 Å². The van der Waals surface area contributed by atoms with E-state index in [0.717, 1.165) is 10.2 Å². The maximum atomic E-state index is 11.9. The molecule has 1 aromatic carbocycles. The average molecular weight is 293 g/mol. The van der Waals surface area contributed by atoms with Gasteiger partial charge in [-0.3, -0.25) is 9.69 Å². The van der Waals surface area contributed by atoms with Crippen molar-refractivity contribution in [1.82, 2.24) is 9.88 Å². The van der Waals surface area contributed by atoms with Gasteiger partial charge in [0.1, 0.15) is 0 Å². The predicted octanol–water partition coefficient (Wildman–Crippen LogP) is 1.94. The highest BCUT2D eigenvalue weighted by Gasteiger charge is 2.17.